The molecule has 2 aromatic carbocycles. The zero-order valence-corrected chi connectivity index (χ0v) is 30.0. The molecule has 0 radical (unpaired) electrons. The lowest BCUT2D eigenvalue weighted by Gasteiger charge is -2.32. The molecule has 1 aliphatic rings. The van der Waals surface area contributed by atoms with Gasteiger partial charge in [-0.1, -0.05) is 61.9 Å². The van der Waals surface area contributed by atoms with Crippen LogP contribution in [0.4, 0.5) is 10.5 Å². The van der Waals surface area contributed by atoms with Gasteiger partial charge in [0.25, 0.3) is 5.91 Å². The van der Waals surface area contributed by atoms with Crippen LogP contribution in [-0.4, -0.2) is 104 Å². The molecule has 0 unspecified atom stereocenters. The first kappa shape index (κ1) is 37.1. The highest BCUT2D eigenvalue weighted by Crippen LogP contribution is 2.28. The van der Waals surface area contributed by atoms with Crippen molar-refractivity contribution in [2.75, 3.05) is 65.7 Å². The minimum Gasteiger partial charge on any atom is -0.446 e. The quantitative estimate of drug-likeness (QED) is 0.154. The minimum atomic E-state index is -0.422. The van der Waals surface area contributed by atoms with Gasteiger partial charge < -0.3 is 24.3 Å². The molecule has 2 heterocycles. The summed E-state index contributed by atoms with van der Waals surface area (Å²) in [5, 5.41) is 2.94. The second-order valence-corrected chi connectivity index (χ2v) is 14.0. The average molecular weight is 676 g/mol. The molecule has 4 rings (SSSR count). The van der Waals surface area contributed by atoms with Crippen LogP contribution in [0.25, 0.3) is 11.1 Å². The van der Waals surface area contributed by atoms with E-state index in [0.29, 0.717) is 13.0 Å². The Kier molecular flexibility index (Phi) is 14.9. The van der Waals surface area contributed by atoms with E-state index in [4.69, 9.17) is 4.74 Å². The van der Waals surface area contributed by atoms with Gasteiger partial charge in [-0.05, 0) is 69.5 Å². The van der Waals surface area contributed by atoms with Crippen molar-refractivity contribution in [3.8, 4) is 11.1 Å². The van der Waals surface area contributed by atoms with Gasteiger partial charge in [0.15, 0.2) is 0 Å². The van der Waals surface area contributed by atoms with Crippen molar-refractivity contribution in [1.29, 1.82) is 0 Å². The summed E-state index contributed by atoms with van der Waals surface area (Å²) in [6, 6.07) is 21.7. The number of likely N-dealkylation sites (tertiary alicyclic amines) is 1. The highest BCUT2D eigenvalue weighted by Gasteiger charge is 2.23. The molecule has 1 aliphatic heterocycles. The molecule has 260 valence electrons. The van der Waals surface area contributed by atoms with Crippen LogP contribution in [-0.2, 0) is 16.1 Å². The summed E-state index contributed by atoms with van der Waals surface area (Å²) in [4.78, 5) is 48.2. The third-order valence-corrected chi connectivity index (χ3v) is 9.93. The molecule has 1 N–H and O–H groups in total. The van der Waals surface area contributed by atoms with E-state index < -0.39 is 6.09 Å². The van der Waals surface area contributed by atoms with Crippen molar-refractivity contribution < 1.29 is 19.1 Å². The molecule has 0 atom stereocenters. The van der Waals surface area contributed by atoms with E-state index in [1.807, 2.05) is 79.7 Å². The van der Waals surface area contributed by atoms with Gasteiger partial charge in [-0.25, -0.2) is 4.79 Å². The van der Waals surface area contributed by atoms with E-state index in [2.05, 4.69) is 35.2 Å². The average Bonchev–Trinajstić information content (AvgIpc) is 3.56. The number of rotatable bonds is 17. The van der Waals surface area contributed by atoms with E-state index in [1.54, 1.807) is 16.2 Å². The molecule has 10 heteroatoms. The van der Waals surface area contributed by atoms with Gasteiger partial charge in [0, 0.05) is 70.2 Å². The first-order chi connectivity index (χ1) is 23.2. The first-order valence-corrected chi connectivity index (χ1v) is 18.2. The molecular weight excluding hydrogens is 623 g/mol. The van der Waals surface area contributed by atoms with Crippen molar-refractivity contribution in [2.45, 2.75) is 64.5 Å². The fourth-order valence-corrected chi connectivity index (χ4v) is 7.08. The maximum atomic E-state index is 12.7. The number of hydrogen-bond donors (Lipinski definition) is 1. The van der Waals surface area contributed by atoms with Gasteiger partial charge in [-0.2, -0.15) is 0 Å². The van der Waals surface area contributed by atoms with E-state index in [9.17, 15) is 14.4 Å². The number of ether oxygens (including phenoxy) is 1. The van der Waals surface area contributed by atoms with Crippen LogP contribution >= 0.6 is 11.3 Å². The molecule has 9 nitrogen and oxygen atoms in total. The molecule has 48 heavy (non-hydrogen) atoms. The van der Waals surface area contributed by atoms with E-state index in [1.165, 1.54) is 4.88 Å². The number of benzene rings is 2. The molecule has 3 amide bonds. The lowest BCUT2D eigenvalue weighted by Crippen LogP contribution is -2.42. The second kappa shape index (κ2) is 19.3. The van der Waals surface area contributed by atoms with Gasteiger partial charge in [-0.15, -0.1) is 11.3 Å². The fraction of sp³-hybridized carbons (Fsp3) is 0.500. The van der Waals surface area contributed by atoms with Crippen molar-refractivity contribution >= 4 is 34.9 Å². The molecule has 0 aliphatic carbocycles. The Balaban J connectivity index is 1.05. The van der Waals surface area contributed by atoms with Crippen LogP contribution in [0.2, 0.25) is 0 Å². The number of hydrogen-bond acceptors (Lipinski definition) is 7. The van der Waals surface area contributed by atoms with Crippen molar-refractivity contribution in [3.05, 3.63) is 76.5 Å². The summed E-state index contributed by atoms with van der Waals surface area (Å²) >= 11 is 1.58. The third-order valence-electron chi connectivity index (χ3n) is 8.87. The van der Waals surface area contributed by atoms with Crippen LogP contribution in [0, 0.1) is 0 Å². The Morgan fingerprint density at radius 1 is 0.854 bits per heavy atom. The van der Waals surface area contributed by atoms with E-state index >= 15 is 0 Å². The number of amides is 3. The maximum Gasteiger partial charge on any atom is 0.411 e. The van der Waals surface area contributed by atoms with Crippen LogP contribution in [0.3, 0.4) is 0 Å². The number of carbonyl (C=O) groups excluding carboxylic acids is 3. The number of likely N-dealkylation sites (N-methyl/N-ethyl adjacent to an activating group) is 1. The molecule has 1 aromatic heterocycles. The number of piperidine rings is 1. The topological polar surface area (TPSA) is 85.4 Å². The highest BCUT2D eigenvalue weighted by molar-refractivity contribution is 7.14. The summed E-state index contributed by atoms with van der Waals surface area (Å²) in [7, 11) is 5.86. The largest absolute Gasteiger partial charge is 0.446 e. The Bertz CT molecular complexity index is 1440. The van der Waals surface area contributed by atoms with E-state index in [-0.39, 0.29) is 17.9 Å². The predicted octanol–water partition coefficient (Wildman–Crippen LogP) is 7.06. The Hall–Kier alpha value is -3.73. The molecule has 3 aromatic rings. The number of nitrogens with zero attached hydrogens (tertiary/aromatic N) is 4. The minimum absolute atomic E-state index is 0.100. The monoisotopic (exact) mass is 675 g/mol. The van der Waals surface area contributed by atoms with Crippen LogP contribution in [0.1, 0.15) is 66.4 Å². The number of anilines is 1. The Morgan fingerprint density at radius 2 is 1.58 bits per heavy atom. The highest BCUT2D eigenvalue weighted by atomic mass is 32.1. The number of thiophene rings is 1. The van der Waals surface area contributed by atoms with Gasteiger partial charge in [0.05, 0.1) is 10.6 Å². The summed E-state index contributed by atoms with van der Waals surface area (Å²) in [5.74, 6) is 0.293. The summed E-state index contributed by atoms with van der Waals surface area (Å²) in [6.07, 6.45) is 5.49. The van der Waals surface area contributed by atoms with Gasteiger partial charge in [0.2, 0.25) is 5.91 Å². The SMILES string of the molecule is CCCN(C)C(=O)c1ccc(CN(C)CCCCCC(=O)N(C)CCN2CCC(OC(=O)Nc3ccccc3-c3ccccc3)CC2)s1. The van der Waals surface area contributed by atoms with Gasteiger partial charge in [-0.3, -0.25) is 14.9 Å². The summed E-state index contributed by atoms with van der Waals surface area (Å²) in [6.45, 7) is 7.84. The van der Waals surface area contributed by atoms with Gasteiger partial charge >= 0.3 is 6.09 Å². The van der Waals surface area contributed by atoms with Crippen molar-refractivity contribution in [3.63, 3.8) is 0 Å². The van der Waals surface area contributed by atoms with Gasteiger partial charge in [0.1, 0.15) is 6.10 Å². The summed E-state index contributed by atoms with van der Waals surface area (Å²) < 4.78 is 5.77. The Labute approximate surface area is 290 Å². The second-order valence-electron chi connectivity index (χ2n) is 12.8. The molecular formula is C38H53N5O4S. The number of nitrogens with one attached hydrogen (secondary N) is 1. The zero-order chi connectivity index (χ0) is 34.3. The molecule has 0 spiro atoms. The third kappa shape index (κ3) is 11.8. The maximum absolute atomic E-state index is 12.7. The number of unbranched alkanes of at least 4 members (excludes halogenated alkanes) is 2. The smallest absolute Gasteiger partial charge is 0.411 e. The lowest BCUT2D eigenvalue weighted by molar-refractivity contribution is -0.130. The fourth-order valence-electron chi connectivity index (χ4n) is 5.99. The Morgan fingerprint density at radius 3 is 2.33 bits per heavy atom. The standard InChI is InChI=1S/C38H53N5O4S/c1-5-23-42(4)37(45)35-20-19-32(48-35)29-40(2)24-13-7-10-18-36(44)41(3)27-28-43-25-21-31(22-26-43)47-38(46)39-34-17-12-11-16-33(34)30-14-8-6-9-15-30/h6,8-9,11-12,14-17,19-20,31H,5,7,10,13,18,21-29H2,1-4H3,(H,39,46). The summed E-state index contributed by atoms with van der Waals surface area (Å²) in [5.41, 5.74) is 2.74. The van der Waals surface area contributed by atoms with Crippen LogP contribution in [0.15, 0.2) is 66.7 Å². The van der Waals surface area contributed by atoms with Crippen LogP contribution in [0.5, 0.6) is 0 Å². The first-order valence-electron chi connectivity index (χ1n) is 17.3. The number of para-hydroxylation sites is 1. The lowest BCUT2D eigenvalue weighted by atomic mass is 10.0. The molecule has 1 fully saturated rings. The molecule has 0 bridgehead atoms. The van der Waals surface area contributed by atoms with Crippen molar-refractivity contribution in [1.82, 2.24) is 19.6 Å². The van der Waals surface area contributed by atoms with Crippen molar-refractivity contribution in [2.24, 2.45) is 0 Å². The molecule has 0 saturated carbocycles. The molecule has 1 saturated heterocycles. The predicted molar refractivity (Wildman–Crippen MR) is 195 cm³/mol. The van der Waals surface area contributed by atoms with Crippen LogP contribution < -0.4 is 5.32 Å². The van der Waals surface area contributed by atoms with E-state index in [0.717, 1.165) is 99.5 Å². The zero-order valence-electron chi connectivity index (χ0n) is 29.2. The normalized spacial score (nSPS) is 13.8. The number of carbonyl (C=O) groups is 3.